The van der Waals surface area contributed by atoms with Crippen LogP contribution in [-0.4, -0.2) is 4.57 Å². The summed E-state index contributed by atoms with van der Waals surface area (Å²) in [4.78, 5) is 0. The Hall–Kier alpha value is -6.84. The Kier molecular flexibility index (Phi) is 5.84. The van der Waals surface area contributed by atoms with E-state index in [1.54, 1.807) is 0 Å². The smallest absolute Gasteiger partial charge is 0.135 e. The van der Waals surface area contributed by atoms with Crippen LogP contribution in [0.1, 0.15) is 25.0 Å². The van der Waals surface area contributed by atoms with Crippen LogP contribution in [0.5, 0.6) is 0 Å². The molecule has 0 atom stereocenters. The molecule has 254 valence electrons. The monoisotopic (exact) mass is 691 g/mol. The molecule has 0 saturated heterocycles. The van der Waals surface area contributed by atoms with Gasteiger partial charge in [-0.05, 0) is 93.5 Å². The molecule has 0 bridgehead atoms. The molecule has 54 heavy (non-hydrogen) atoms. The van der Waals surface area contributed by atoms with E-state index in [2.05, 4.69) is 158 Å². The molecule has 0 aliphatic heterocycles. The minimum Gasteiger partial charge on any atom is -0.456 e. The van der Waals surface area contributed by atoms with Gasteiger partial charge in [0.2, 0.25) is 0 Å². The lowest BCUT2D eigenvalue weighted by molar-refractivity contribution is 0.660. The molecule has 1 aliphatic rings. The minimum absolute atomic E-state index is 0.109. The normalized spacial score (nSPS) is 13.5. The van der Waals surface area contributed by atoms with Crippen LogP contribution < -0.4 is 0 Å². The van der Waals surface area contributed by atoms with E-state index in [1.807, 2.05) is 24.3 Å². The van der Waals surface area contributed by atoms with Crippen molar-refractivity contribution in [1.82, 2.24) is 4.57 Å². The van der Waals surface area contributed by atoms with E-state index in [1.165, 1.54) is 60.9 Å². The largest absolute Gasteiger partial charge is 0.456 e. The number of hydrogen-bond donors (Lipinski definition) is 0. The third kappa shape index (κ3) is 3.91. The highest BCUT2D eigenvalue weighted by molar-refractivity contribution is 6.22. The summed E-state index contributed by atoms with van der Waals surface area (Å²) in [6, 6.07) is 59.4. The number of aromatic nitrogens is 1. The molecule has 0 unspecified atom stereocenters. The molecule has 3 aromatic heterocycles. The maximum absolute atomic E-state index is 6.28. The molecular weight excluding hydrogens is 659 g/mol. The highest BCUT2D eigenvalue weighted by atomic mass is 16.3. The first-order valence-corrected chi connectivity index (χ1v) is 18.7. The van der Waals surface area contributed by atoms with Crippen molar-refractivity contribution in [2.75, 3.05) is 0 Å². The molecule has 11 aromatic rings. The lowest BCUT2D eigenvalue weighted by atomic mass is 9.82. The van der Waals surface area contributed by atoms with Crippen molar-refractivity contribution in [2.45, 2.75) is 19.3 Å². The predicted octanol–water partition coefficient (Wildman–Crippen LogP) is 14.2. The molecule has 3 heterocycles. The van der Waals surface area contributed by atoms with E-state index in [0.29, 0.717) is 0 Å². The van der Waals surface area contributed by atoms with Crippen LogP contribution in [0.15, 0.2) is 173 Å². The molecule has 8 aromatic carbocycles. The van der Waals surface area contributed by atoms with Crippen molar-refractivity contribution in [1.29, 1.82) is 0 Å². The average molecular weight is 692 g/mol. The highest BCUT2D eigenvalue weighted by Gasteiger charge is 2.37. The van der Waals surface area contributed by atoms with E-state index in [0.717, 1.165) is 55.0 Å². The topological polar surface area (TPSA) is 31.2 Å². The molecule has 0 radical (unpaired) electrons. The van der Waals surface area contributed by atoms with Gasteiger partial charge in [0.15, 0.2) is 0 Å². The summed E-state index contributed by atoms with van der Waals surface area (Å²) in [6.45, 7) is 4.71. The summed E-state index contributed by atoms with van der Waals surface area (Å²) in [6.07, 6.45) is 0. The number of furan rings is 2. The van der Waals surface area contributed by atoms with Gasteiger partial charge in [0.1, 0.15) is 22.3 Å². The van der Waals surface area contributed by atoms with Crippen LogP contribution in [0.4, 0.5) is 0 Å². The van der Waals surface area contributed by atoms with Crippen molar-refractivity contribution in [2.24, 2.45) is 0 Å². The van der Waals surface area contributed by atoms with Crippen LogP contribution in [0.2, 0.25) is 0 Å². The molecule has 3 heteroatoms. The Bertz CT molecular complexity index is 3200. The maximum atomic E-state index is 6.28. The highest BCUT2D eigenvalue weighted by Crippen LogP contribution is 2.53. The van der Waals surface area contributed by atoms with Gasteiger partial charge in [-0.25, -0.2) is 0 Å². The zero-order valence-electron chi connectivity index (χ0n) is 29.9. The van der Waals surface area contributed by atoms with Gasteiger partial charge in [-0.1, -0.05) is 123 Å². The summed E-state index contributed by atoms with van der Waals surface area (Å²) in [7, 11) is 0. The van der Waals surface area contributed by atoms with Crippen LogP contribution in [-0.2, 0) is 5.41 Å². The maximum Gasteiger partial charge on any atom is 0.135 e. The van der Waals surface area contributed by atoms with Gasteiger partial charge in [-0.3, -0.25) is 0 Å². The molecule has 0 saturated carbocycles. The molecule has 0 fully saturated rings. The van der Waals surface area contributed by atoms with Gasteiger partial charge in [-0.15, -0.1) is 0 Å². The first-order chi connectivity index (χ1) is 26.5. The van der Waals surface area contributed by atoms with Gasteiger partial charge in [0.25, 0.3) is 0 Å². The zero-order valence-corrected chi connectivity index (χ0v) is 29.9. The fourth-order valence-electron chi connectivity index (χ4n) is 9.56. The number of para-hydroxylation sites is 2. The Labute approximate surface area is 311 Å². The fraction of sp³-hybridized carbons (Fsp3) is 0.0588. The summed E-state index contributed by atoms with van der Waals surface area (Å²) in [5, 5.41) is 6.98. The first kappa shape index (κ1) is 29.7. The van der Waals surface area contributed by atoms with Crippen LogP contribution in [0, 0.1) is 0 Å². The molecule has 0 N–H and O–H groups in total. The molecule has 12 rings (SSSR count). The fourth-order valence-corrected chi connectivity index (χ4v) is 9.56. The second kappa shape index (κ2) is 10.6. The lowest BCUT2D eigenvalue weighted by Crippen LogP contribution is -2.14. The van der Waals surface area contributed by atoms with Gasteiger partial charge in [0, 0.05) is 43.3 Å². The lowest BCUT2D eigenvalue weighted by Gasteiger charge is -2.22. The summed E-state index contributed by atoms with van der Waals surface area (Å²) in [5.74, 6) is 0. The number of benzene rings is 8. The van der Waals surface area contributed by atoms with E-state index < -0.39 is 0 Å². The molecular formula is C51H33NO2. The molecule has 3 nitrogen and oxygen atoms in total. The Morgan fingerprint density at radius 2 is 0.889 bits per heavy atom. The van der Waals surface area contributed by atoms with Crippen LogP contribution >= 0.6 is 0 Å². The number of rotatable bonds is 3. The van der Waals surface area contributed by atoms with Gasteiger partial charge >= 0.3 is 0 Å². The van der Waals surface area contributed by atoms with Crippen molar-refractivity contribution >= 4 is 65.7 Å². The van der Waals surface area contributed by atoms with Crippen LogP contribution in [0.25, 0.3) is 105 Å². The predicted molar refractivity (Wildman–Crippen MR) is 224 cm³/mol. The van der Waals surface area contributed by atoms with Crippen molar-refractivity contribution in [3.05, 3.63) is 175 Å². The third-order valence-corrected chi connectivity index (χ3v) is 12.0. The van der Waals surface area contributed by atoms with Crippen molar-refractivity contribution in [3.8, 4) is 39.1 Å². The summed E-state index contributed by atoms with van der Waals surface area (Å²) >= 11 is 0. The van der Waals surface area contributed by atoms with Gasteiger partial charge in [0.05, 0.1) is 16.7 Å². The Morgan fingerprint density at radius 3 is 1.50 bits per heavy atom. The second-order valence-electron chi connectivity index (χ2n) is 15.2. The second-order valence-corrected chi connectivity index (χ2v) is 15.2. The van der Waals surface area contributed by atoms with E-state index in [4.69, 9.17) is 8.83 Å². The molecule has 0 amide bonds. The Morgan fingerprint density at radius 1 is 0.407 bits per heavy atom. The van der Waals surface area contributed by atoms with E-state index in [9.17, 15) is 0 Å². The van der Waals surface area contributed by atoms with E-state index in [-0.39, 0.29) is 5.41 Å². The van der Waals surface area contributed by atoms with E-state index >= 15 is 0 Å². The third-order valence-electron chi connectivity index (χ3n) is 12.0. The van der Waals surface area contributed by atoms with Crippen molar-refractivity contribution < 1.29 is 8.83 Å². The SMILES string of the molecule is CC1(C)c2ccccc2-c2c(-n3c4cccc(-c5ccc6oc7ccccc7c6c5)c4c4c(-c5ccc6oc7ccccc7c6c5)cccc43)cccc21. The minimum atomic E-state index is -0.109. The molecule has 0 spiro atoms. The number of fused-ring (bicyclic) bond motifs is 12. The quantitative estimate of drug-likeness (QED) is 0.185. The average Bonchev–Trinajstić information content (AvgIpc) is 3.94. The molecule has 1 aliphatic carbocycles. The number of nitrogens with zero attached hydrogens (tertiary/aromatic N) is 1. The standard InChI is InChI=1S/C51H33NO2/c1-51(2)39-17-6-3-14-36(39)48-40(51)18-11-21-41(48)52-42-19-9-15-32(30-24-26-46-37(28-30)34-12-4-7-22-44(34)53-46)49(42)50-33(16-10-20-43(50)52)31-25-27-47-38(29-31)35-13-5-8-23-45(35)54-47/h3-29H,1-2H3. The summed E-state index contributed by atoms with van der Waals surface area (Å²) in [5.41, 5.74) is 17.1. The van der Waals surface area contributed by atoms with Crippen LogP contribution in [0.3, 0.4) is 0 Å². The Balaban J connectivity index is 1.21. The van der Waals surface area contributed by atoms with Crippen molar-refractivity contribution in [3.63, 3.8) is 0 Å². The number of hydrogen-bond acceptors (Lipinski definition) is 2. The van der Waals surface area contributed by atoms with Gasteiger partial charge in [-0.2, -0.15) is 0 Å². The van der Waals surface area contributed by atoms with Gasteiger partial charge < -0.3 is 13.4 Å². The zero-order chi connectivity index (χ0) is 35.7. The summed E-state index contributed by atoms with van der Waals surface area (Å²) < 4.78 is 15.1. The first-order valence-electron chi connectivity index (χ1n) is 18.7.